The molecule has 140 valence electrons. The lowest BCUT2D eigenvalue weighted by atomic mass is 10.00. The Morgan fingerprint density at radius 2 is 1.54 bits per heavy atom. The molecule has 0 radical (unpaired) electrons. The second kappa shape index (κ2) is 7.91. The molecule has 0 aliphatic heterocycles. The minimum atomic E-state index is 0.545. The Bertz CT molecular complexity index is 1080. The molecule has 3 aromatic carbocycles. The van der Waals surface area contributed by atoms with Crippen LogP contribution < -0.4 is 4.74 Å². The number of aromatic nitrogens is 1. The first-order valence-corrected chi connectivity index (χ1v) is 9.49. The summed E-state index contributed by atoms with van der Waals surface area (Å²) in [6, 6.07) is 23.8. The molecule has 0 spiro atoms. The minimum absolute atomic E-state index is 0.545. The maximum atomic E-state index is 6.02. The number of benzene rings is 3. The van der Waals surface area contributed by atoms with E-state index in [1.54, 1.807) is 0 Å². The smallest absolute Gasteiger partial charge is 0.174 e. The quantitative estimate of drug-likeness (QED) is 0.374. The molecular weight excluding hydrogens is 370 g/mol. The molecule has 0 amide bonds. The summed E-state index contributed by atoms with van der Waals surface area (Å²) in [4.78, 5) is 0. The molecule has 3 nitrogen and oxygen atoms in total. The number of nitrogens with zero attached hydrogens (tertiary/aromatic N) is 1. The zero-order valence-corrected chi connectivity index (χ0v) is 16.5. The van der Waals surface area contributed by atoms with Crippen molar-refractivity contribution in [2.24, 2.45) is 0 Å². The summed E-state index contributed by atoms with van der Waals surface area (Å²) >= 11 is 6.02. The molecule has 0 bridgehead atoms. The average Bonchev–Trinajstić information content (AvgIpc) is 3.10. The highest BCUT2D eigenvalue weighted by Gasteiger charge is 2.17. The van der Waals surface area contributed by atoms with Gasteiger partial charge in [0.1, 0.15) is 12.4 Å². The predicted octanol–water partition coefficient (Wildman–Crippen LogP) is 6.86. The van der Waals surface area contributed by atoms with Gasteiger partial charge in [0.15, 0.2) is 5.76 Å². The van der Waals surface area contributed by atoms with Gasteiger partial charge in [-0.25, -0.2) is 0 Å². The molecule has 0 saturated heterocycles. The summed E-state index contributed by atoms with van der Waals surface area (Å²) in [6.45, 7) is 4.58. The molecule has 4 heteroatoms. The zero-order chi connectivity index (χ0) is 19.5. The molecule has 4 rings (SSSR count). The van der Waals surface area contributed by atoms with Crippen molar-refractivity contribution in [3.8, 4) is 28.2 Å². The van der Waals surface area contributed by atoms with Crippen molar-refractivity contribution in [3.63, 3.8) is 0 Å². The number of ether oxygens (including phenoxy) is 1. The zero-order valence-electron chi connectivity index (χ0n) is 15.8. The fourth-order valence-corrected chi connectivity index (χ4v) is 3.28. The van der Waals surface area contributed by atoms with Gasteiger partial charge in [-0.1, -0.05) is 53.2 Å². The second-order valence-corrected chi connectivity index (χ2v) is 7.15. The molecule has 0 saturated carbocycles. The van der Waals surface area contributed by atoms with Gasteiger partial charge in [0.25, 0.3) is 0 Å². The van der Waals surface area contributed by atoms with Crippen LogP contribution >= 0.6 is 11.6 Å². The van der Waals surface area contributed by atoms with E-state index < -0.39 is 0 Å². The summed E-state index contributed by atoms with van der Waals surface area (Å²) < 4.78 is 11.6. The summed E-state index contributed by atoms with van der Waals surface area (Å²) in [5, 5.41) is 4.86. The number of aryl methyl sites for hydroxylation is 2. The maximum absolute atomic E-state index is 6.02. The monoisotopic (exact) mass is 389 g/mol. The Balaban J connectivity index is 1.56. The van der Waals surface area contributed by atoms with Gasteiger partial charge in [0.05, 0.1) is 11.3 Å². The molecule has 0 aliphatic rings. The molecule has 0 fully saturated rings. The third-order valence-electron chi connectivity index (χ3n) is 4.77. The molecule has 1 aromatic heterocycles. The molecule has 1 heterocycles. The highest BCUT2D eigenvalue weighted by Crippen LogP contribution is 2.36. The minimum Gasteiger partial charge on any atom is -0.489 e. The number of hydrogen-bond donors (Lipinski definition) is 0. The maximum Gasteiger partial charge on any atom is 0.174 e. The number of rotatable bonds is 5. The van der Waals surface area contributed by atoms with Gasteiger partial charge in [0, 0.05) is 10.6 Å². The Labute approximate surface area is 169 Å². The molecular formula is C24H20ClNO2. The molecule has 4 aromatic rings. The van der Waals surface area contributed by atoms with Gasteiger partial charge >= 0.3 is 0 Å². The fourth-order valence-electron chi connectivity index (χ4n) is 3.16. The largest absolute Gasteiger partial charge is 0.489 e. The van der Waals surface area contributed by atoms with Crippen molar-refractivity contribution in [1.29, 1.82) is 0 Å². The number of hydrogen-bond acceptors (Lipinski definition) is 3. The average molecular weight is 390 g/mol. The Morgan fingerprint density at radius 1 is 0.857 bits per heavy atom. The highest BCUT2D eigenvalue weighted by atomic mass is 35.5. The van der Waals surface area contributed by atoms with E-state index in [0.717, 1.165) is 33.9 Å². The Morgan fingerprint density at radius 3 is 2.25 bits per heavy atom. The summed E-state index contributed by atoms with van der Waals surface area (Å²) in [7, 11) is 0. The second-order valence-electron chi connectivity index (χ2n) is 6.72. The summed E-state index contributed by atoms with van der Waals surface area (Å²) in [5.41, 5.74) is 6.21. The normalized spacial score (nSPS) is 10.8. The Kier molecular flexibility index (Phi) is 5.18. The molecule has 0 atom stereocenters. The van der Waals surface area contributed by atoms with Crippen LogP contribution in [0.1, 0.15) is 16.8 Å². The third-order valence-corrected chi connectivity index (χ3v) is 5.02. The van der Waals surface area contributed by atoms with Gasteiger partial charge in [0.2, 0.25) is 0 Å². The fraction of sp³-hybridized carbons (Fsp3) is 0.125. The van der Waals surface area contributed by atoms with Crippen LogP contribution in [0.15, 0.2) is 77.3 Å². The molecule has 28 heavy (non-hydrogen) atoms. The van der Waals surface area contributed by atoms with E-state index in [9.17, 15) is 0 Å². The number of halogens is 1. The van der Waals surface area contributed by atoms with Crippen molar-refractivity contribution < 1.29 is 9.26 Å². The molecule has 0 unspecified atom stereocenters. The summed E-state index contributed by atoms with van der Waals surface area (Å²) in [6.07, 6.45) is 0. The van der Waals surface area contributed by atoms with Gasteiger partial charge in [-0.15, -0.1) is 0 Å². The third kappa shape index (κ3) is 3.80. The van der Waals surface area contributed by atoms with E-state index in [4.69, 9.17) is 20.9 Å². The van der Waals surface area contributed by atoms with Crippen LogP contribution in [-0.2, 0) is 6.61 Å². The van der Waals surface area contributed by atoms with Crippen LogP contribution in [0.4, 0.5) is 0 Å². The van der Waals surface area contributed by atoms with Gasteiger partial charge in [-0.3, -0.25) is 0 Å². The van der Waals surface area contributed by atoms with Crippen LogP contribution in [0.5, 0.6) is 5.75 Å². The van der Waals surface area contributed by atoms with E-state index in [0.29, 0.717) is 11.6 Å². The SMILES string of the molecule is Cc1ccccc1COc1ccc(-c2onc(C)c2-c2ccc(Cl)cc2)cc1. The Hall–Kier alpha value is -3.04. The first-order chi connectivity index (χ1) is 13.6. The predicted molar refractivity (Wildman–Crippen MR) is 113 cm³/mol. The van der Waals surface area contributed by atoms with Crippen molar-refractivity contribution >= 4 is 11.6 Å². The van der Waals surface area contributed by atoms with Crippen LogP contribution in [0.2, 0.25) is 5.02 Å². The van der Waals surface area contributed by atoms with Crippen LogP contribution in [-0.4, -0.2) is 5.16 Å². The van der Waals surface area contributed by atoms with E-state index in [1.165, 1.54) is 11.1 Å². The van der Waals surface area contributed by atoms with Gasteiger partial charge in [-0.2, -0.15) is 0 Å². The first kappa shape index (κ1) is 18.3. The standard InChI is InChI=1S/C24H20ClNO2/c1-16-5-3-4-6-20(16)15-27-22-13-9-19(10-14-22)24-23(17(2)26-28-24)18-7-11-21(25)12-8-18/h3-14H,15H2,1-2H3. The topological polar surface area (TPSA) is 35.3 Å². The lowest BCUT2D eigenvalue weighted by Gasteiger charge is -2.09. The van der Waals surface area contributed by atoms with E-state index in [1.807, 2.05) is 67.6 Å². The van der Waals surface area contributed by atoms with E-state index in [-0.39, 0.29) is 0 Å². The van der Waals surface area contributed by atoms with Crippen LogP contribution in [0, 0.1) is 13.8 Å². The van der Waals surface area contributed by atoms with Crippen molar-refractivity contribution in [2.75, 3.05) is 0 Å². The van der Waals surface area contributed by atoms with Crippen molar-refractivity contribution in [2.45, 2.75) is 20.5 Å². The molecule has 0 aliphatic carbocycles. The van der Waals surface area contributed by atoms with Crippen molar-refractivity contribution in [1.82, 2.24) is 5.16 Å². The first-order valence-electron chi connectivity index (χ1n) is 9.12. The van der Waals surface area contributed by atoms with Crippen LogP contribution in [0.25, 0.3) is 22.5 Å². The van der Waals surface area contributed by atoms with E-state index >= 15 is 0 Å². The lowest BCUT2D eigenvalue weighted by molar-refractivity contribution is 0.305. The van der Waals surface area contributed by atoms with Crippen LogP contribution in [0.3, 0.4) is 0 Å². The highest BCUT2D eigenvalue weighted by molar-refractivity contribution is 6.30. The van der Waals surface area contributed by atoms with Gasteiger partial charge < -0.3 is 9.26 Å². The molecule has 0 N–H and O–H groups in total. The van der Waals surface area contributed by atoms with Crippen molar-refractivity contribution in [3.05, 3.63) is 94.6 Å². The summed E-state index contributed by atoms with van der Waals surface area (Å²) in [5.74, 6) is 1.56. The van der Waals surface area contributed by atoms with Gasteiger partial charge in [-0.05, 0) is 66.9 Å². The lowest BCUT2D eigenvalue weighted by Crippen LogP contribution is -1.97. The van der Waals surface area contributed by atoms with E-state index in [2.05, 4.69) is 24.2 Å².